The van der Waals surface area contributed by atoms with Crippen molar-refractivity contribution in [2.45, 2.75) is 37.8 Å². The minimum atomic E-state index is -0.128. The number of nitrogens with zero attached hydrogens (tertiary/aromatic N) is 2. The van der Waals surface area contributed by atoms with Gasteiger partial charge in [-0.25, -0.2) is 0 Å². The molecule has 0 saturated heterocycles. The molecule has 2 aliphatic heterocycles. The summed E-state index contributed by atoms with van der Waals surface area (Å²) in [7, 11) is 0. The minimum Gasteiger partial charge on any atom is -0.181 e. The van der Waals surface area contributed by atoms with Gasteiger partial charge in [-0.2, -0.15) is 10.2 Å². The van der Waals surface area contributed by atoms with Crippen molar-refractivity contribution in [1.29, 1.82) is 0 Å². The van der Waals surface area contributed by atoms with Crippen molar-refractivity contribution in [2.24, 2.45) is 22.1 Å². The summed E-state index contributed by atoms with van der Waals surface area (Å²) < 4.78 is 0. The van der Waals surface area contributed by atoms with Crippen molar-refractivity contribution < 1.29 is 0 Å². The Hall–Kier alpha value is -1.96. The maximum atomic E-state index is 4.90. The Morgan fingerprint density at radius 1 is 0.682 bits per heavy atom. The normalized spacial score (nSPS) is 36.5. The van der Waals surface area contributed by atoms with E-state index < -0.39 is 0 Å². The molecule has 1 aliphatic carbocycles. The third kappa shape index (κ3) is 1.67. The molecule has 0 unspecified atom stereocenters. The summed E-state index contributed by atoms with van der Waals surface area (Å²) in [6.07, 6.45) is 2.17. The number of hydrogen-bond donors (Lipinski definition) is 0. The molecule has 2 heterocycles. The topological polar surface area (TPSA) is 24.7 Å². The van der Waals surface area contributed by atoms with E-state index in [0.717, 1.165) is 12.8 Å². The fourth-order valence-corrected chi connectivity index (χ4v) is 4.51. The van der Waals surface area contributed by atoms with Crippen molar-refractivity contribution in [3.63, 3.8) is 0 Å². The van der Waals surface area contributed by atoms with E-state index in [4.69, 9.17) is 10.2 Å². The van der Waals surface area contributed by atoms with E-state index in [-0.39, 0.29) is 11.1 Å². The maximum absolute atomic E-state index is 4.90. The molecule has 4 atom stereocenters. The van der Waals surface area contributed by atoms with Crippen molar-refractivity contribution in [1.82, 2.24) is 0 Å². The lowest BCUT2D eigenvalue weighted by atomic mass is 9.56. The average Bonchev–Trinajstić information content (AvgIpc) is 2.61. The first-order chi connectivity index (χ1) is 10.7. The van der Waals surface area contributed by atoms with Crippen molar-refractivity contribution in [3.05, 3.63) is 71.8 Å². The first-order valence-electron chi connectivity index (χ1n) is 8.24. The van der Waals surface area contributed by atoms with Gasteiger partial charge >= 0.3 is 0 Å². The van der Waals surface area contributed by atoms with Crippen LogP contribution in [0.2, 0.25) is 0 Å². The van der Waals surface area contributed by atoms with Crippen LogP contribution in [0.15, 0.2) is 70.9 Å². The van der Waals surface area contributed by atoms with Crippen LogP contribution in [0.1, 0.15) is 37.8 Å². The van der Waals surface area contributed by atoms with Crippen LogP contribution in [0.25, 0.3) is 0 Å². The zero-order valence-corrected chi connectivity index (χ0v) is 13.2. The first-order valence-corrected chi connectivity index (χ1v) is 8.24. The molecule has 22 heavy (non-hydrogen) atoms. The van der Waals surface area contributed by atoms with Crippen molar-refractivity contribution >= 4 is 0 Å². The lowest BCUT2D eigenvalue weighted by molar-refractivity contribution is 0.0140. The number of fused-ring (bicyclic) bond motifs is 2. The molecule has 2 aromatic carbocycles. The number of rotatable bonds is 2. The van der Waals surface area contributed by atoms with Gasteiger partial charge in [0.15, 0.2) is 0 Å². The smallest absolute Gasteiger partial charge is 0.109 e. The monoisotopic (exact) mass is 290 g/mol. The Morgan fingerprint density at radius 3 is 1.36 bits per heavy atom. The fourth-order valence-electron chi connectivity index (χ4n) is 4.51. The van der Waals surface area contributed by atoms with E-state index in [1.807, 2.05) is 0 Å². The summed E-state index contributed by atoms with van der Waals surface area (Å²) in [5.74, 6) is 0.975. The van der Waals surface area contributed by atoms with E-state index in [9.17, 15) is 0 Å². The maximum Gasteiger partial charge on any atom is 0.109 e. The molecule has 112 valence electrons. The quantitative estimate of drug-likeness (QED) is 0.716. The molecule has 2 aromatic rings. The Bertz CT molecular complexity index is 633. The van der Waals surface area contributed by atoms with Gasteiger partial charge in [-0.1, -0.05) is 74.5 Å². The van der Waals surface area contributed by atoms with Gasteiger partial charge in [0.25, 0.3) is 0 Å². The first kappa shape index (κ1) is 13.7. The molecule has 0 spiro atoms. The summed E-state index contributed by atoms with van der Waals surface area (Å²) in [6, 6.07) is 21.5. The molecular formula is C20H22N2. The van der Waals surface area contributed by atoms with Crippen molar-refractivity contribution in [3.8, 4) is 0 Å². The molecule has 0 amide bonds. The number of azo groups is 1. The van der Waals surface area contributed by atoms with E-state index in [1.165, 1.54) is 11.1 Å². The van der Waals surface area contributed by atoms with Gasteiger partial charge < -0.3 is 0 Å². The van der Waals surface area contributed by atoms with Crippen LogP contribution < -0.4 is 0 Å². The van der Waals surface area contributed by atoms with Gasteiger partial charge in [0.2, 0.25) is 0 Å². The molecular weight excluding hydrogens is 268 g/mol. The highest BCUT2D eigenvalue weighted by atomic mass is 15.2. The van der Waals surface area contributed by atoms with Gasteiger partial charge in [0.05, 0.1) is 0 Å². The summed E-state index contributed by atoms with van der Waals surface area (Å²) in [4.78, 5) is 0. The molecule has 2 heteroatoms. The molecule has 1 saturated carbocycles. The zero-order valence-electron chi connectivity index (χ0n) is 13.2. The number of hydrogen-bond acceptors (Lipinski definition) is 2. The van der Waals surface area contributed by atoms with Crippen LogP contribution in [0.3, 0.4) is 0 Å². The lowest BCUT2D eigenvalue weighted by Crippen LogP contribution is -2.53. The van der Waals surface area contributed by atoms with E-state index in [0.29, 0.717) is 11.8 Å². The van der Waals surface area contributed by atoms with E-state index in [2.05, 4.69) is 74.5 Å². The second kappa shape index (κ2) is 4.77. The van der Waals surface area contributed by atoms with Crippen LogP contribution in [0.5, 0.6) is 0 Å². The molecule has 0 aromatic heterocycles. The average molecular weight is 290 g/mol. The summed E-state index contributed by atoms with van der Waals surface area (Å²) in [6.45, 7) is 4.71. The minimum absolute atomic E-state index is 0.128. The van der Waals surface area contributed by atoms with Crippen LogP contribution >= 0.6 is 0 Å². The summed E-state index contributed by atoms with van der Waals surface area (Å²) in [5.41, 5.74) is 2.38. The standard InChI is InChI=1S/C20H22N2/c1-15-16(2)20(18-11-7-4-8-12-18)14-13-19(15,21-22-20)17-9-5-3-6-10-17/h3-12,15-16H,13-14H2,1-2H3/t15-,16-,19-,20+/m0/s1. The van der Waals surface area contributed by atoms with Crippen molar-refractivity contribution in [2.75, 3.05) is 0 Å². The highest BCUT2D eigenvalue weighted by Crippen LogP contribution is 2.60. The Labute approximate surface area is 132 Å². The highest BCUT2D eigenvalue weighted by Gasteiger charge is 2.58. The number of benzene rings is 2. The fraction of sp³-hybridized carbons (Fsp3) is 0.400. The Balaban J connectivity index is 1.84. The lowest BCUT2D eigenvalue weighted by Gasteiger charge is -2.55. The molecule has 2 nitrogen and oxygen atoms in total. The van der Waals surface area contributed by atoms with Gasteiger partial charge in [-0.3, -0.25) is 0 Å². The SMILES string of the molecule is C[C@H]1[C@H](C)[C@]2(c3ccccc3)CC[C@@]1(c1ccccc1)N=N2. The van der Waals surface area contributed by atoms with Crippen LogP contribution in [0, 0.1) is 11.8 Å². The van der Waals surface area contributed by atoms with Gasteiger partial charge in [0, 0.05) is 0 Å². The summed E-state index contributed by atoms with van der Waals surface area (Å²) in [5, 5.41) is 9.81. The largest absolute Gasteiger partial charge is 0.181 e. The molecule has 5 rings (SSSR count). The van der Waals surface area contributed by atoms with E-state index in [1.54, 1.807) is 0 Å². The van der Waals surface area contributed by atoms with Gasteiger partial charge in [0.1, 0.15) is 11.1 Å². The van der Waals surface area contributed by atoms with Crippen LogP contribution in [-0.2, 0) is 11.1 Å². The Morgan fingerprint density at radius 2 is 1.05 bits per heavy atom. The van der Waals surface area contributed by atoms with Gasteiger partial charge in [-0.15, -0.1) is 0 Å². The molecule has 0 N–H and O–H groups in total. The van der Waals surface area contributed by atoms with Crippen LogP contribution in [0.4, 0.5) is 0 Å². The molecule has 0 radical (unpaired) electrons. The third-order valence-corrected chi connectivity index (χ3v) is 6.10. The highest BCUT2D eigenvalue weighted by molar-refractivity contribution is 5.34. The molecule has 3 aliphatic rings. The van der Waals surface area contributed by atoms with Crippen LogP contribution in [-0.4, -0.2) is 0 Å². The third-order valence-electron chi connectivity index (χ3n) is 6.10. The zero-order chi connectivity index (χ0) is 15.2. The van der Waals surface area contributed by atoms with E-state index >= 15 is 0 Å². The predicted octanol–water partition coefficient (Wildman–Crippen LogP) is 5.31. The summed E-state index contributed by atoms with van der Waals surface area (Å²) >= 11 is 0. The molecule has 2 bridgehead atoms. The predicted molar refractivity (Wildman–Crippen MR) is 88.7 cm³/mol. The van der Waals surface area contributed by atoms with Gasteiger partial charge in [-0.05, 0) is 35.8 Å². The Kier molecular flexibility index (Phi) is 2.97. The second-order valence-corrected chi connectivity index (χ2v) is 6.86. The molecule has 1 fully saturated rings. The second-order valence-electron chi connectivity index (χ2n) is 6.86.